The second-order valence-corrected chi connectivity index (χ2v) is 9.95. The van der Waals surface area contributed by atoms with Gasteiger partial charge in [-0.1, -0.05) is 13.8 Å². The third-order valence-corrected chi connectivity index (χ3v) is 6.89. The maximum absolute atomic E-state index is 13.0. The van der Waals surface area contributed by atoms with Crippen molar-refractivity contribution in [3.63, 3.8) is 0 Å². The van der Waals surface area contributed by atoms with Crippen molar-refractivity contribution in [1.82, 2.24) is 9.29 Å². The van der Waals surface area contributed by atoms with Crippen molar-refractivity contribution >= 4 is 27.4 Å². The van der Waals surface area contributed by atoms with Gasteiger partial charge in [0.1, 0.15) is 0 Å². The Morgan fingerprint density at radius 2 is 1.72 bits per heavy atom. The highest BCUT2D eigenvalue weighted by atomic mass is 32.2. The molecule has 3 rings (SSSR count). The first-order valence-electron chi connectivity index (χ1n) is 9.72. The second-order valence-electron chi connectivity index (χ2n) is 8.02. The summed E-state index contributed by atoms with van der Waals surface area (Å²) >= 11 is 0. The van der Waals surface area contributed by atoms with E-state index in [1.807, 2.05) is 19.0 Å². The number of pyridine rings is 1. The maximum Gasteiger partial charge on any atom is 0.255 e. The van der Waals surface area contributed by atoms with E-state index in [-0.39, 0.29) is 10.8 Å². The molecule has 7 nitrogen and oxygen atoms in total. The van der Waals surface area contributed by atoms with Gasteiger partial charge in [0.2, 0.25) is 10.0 Å². The van der Waals surface area contributed by atoms with Crippen LogP contribution in [0.1, 0.15) is 30.6 Å². The van der Waals surface area contributed by atoms with Gasteiger partial charge >= 0.3 is 0 Å². The molecule has 2 atom stereocenters. The summed E-state index contributed by atoms with van der Waals surface area (Å²) in [6.45, 7) is 5.21. The third kappa shape index (κ3) is 4.76. The summed E-state index contributed by atoms with van der Waals surface area (Å²) in [6.07, 6.45) is 2.70. The van der Waals surface area contributed by atoms with Crippen LogP contribution in [-0.2, 0) is 10.0 Å². The van der Waals surface area contributed by atoms with Gasteiger partial charge in [-0.2, -0.15) is 4.31 Å². The lowest BCUT2D eigenvalue weighted by Gasteiger charge is -2.34. The maximum atomic E-state index is 13.0. The van der Waals surface area contributed by atoms with Crippen LogP contribution in [0, 0.1) is 11.8 Å². The average Bonchev–Trinajstić information content (AvgIpc) is 2.67. The Bertz CT molecular complexity index is 964. The van der Waals surface area contributed by atoms with Crippen molar-refractivity contribution in [3.05, 3.63) is 48.2 Å². The van der Waals surface area contributed by atoms with Crippen molar-refractivity contribution in [1.29, 1.82) is 0 Å². The summed E-state index contributed by atoms with van der Waals surface area (Å²) in [6, 6.07) is 9.63. The van der Waals surface area contributed by atoms with E-state index >= 15 is 0 Å². The van der Waals surface area contributed by atoms with E-state index in [9.17, 15) is 13.2 Å². The predicted molar refractivity (Wildman–Crippen MR) is 115 cm³/mol. The summed E-state index contributed by atoms with van der Waals surface area (Å²) < 4.78 is 27.5. The van der Waals surface area contributed by atoms with Gasteiger partial charge in [0, 0.05) is 38.9 Å². The number of nitrogens with one attached hydrogen (secondary N) is 1. The first-order valence-corrected chi connectivity index (χ1v) is 11.2. The molecule has 1 aromatic carbocycles. The number of benzene rings is 1. The van der Waals surface area contributed by atoms with Gasteiger partial charge in [0.05, 0.1) is 10.6 Å². The number of carbonyl (C=O) groups is 1. The second kappa shape index (κ2) is 8.51. The fraction of sp³-hybridized carbons (Fsp3) is 0.429. The molecule has 1 aromatic heterocycles. The minimum absolute atomic E-state index is 0.214. The summed E-state index contributed by atoms with van der Waals surface area (Å²) in [5.41, 5.74) is 0.980. The van der Waals surface area contributed by atoms with Crippen molar-refractivity contribution < 1.29 is 13.2 Å². The zero-order valence-corrected chi connectivity index (χ0v) is 18.1. The lowest BCUT2D eigenvalue weighted by atomic mass is 9.94. The minimum Gasteiger partial charge on any atom is -0.361 e. The SMILES string of the molecule is CC1CC(C)CN(S(=O)(=O)c2ccc(C(=O)Nc3cccnc3N(C)C)cc2)C1. The van der Waals surface area contributed by atoms with Crippen LogP contribution in [0.15, 0.2) is 47.5 Å². The number of nitrogens with zero attached hydrogens (tertiary/aromatic N) is 3. The summed E-state index contributed by atoms with van der Waals surface area (Å²) in [7, 11) is 0.132. The van der Waals surface area contributed by atoms with Gasteiger partial charge in [-0.3, -0.25) is 4.79 Å². The van der Waals surface area contributed by atoms with Gasteiger partial charge in [-0.15, -0.1) is 0 Å². The summed E-state index contributed by atoms with van der Waals surface area (Å²) in [4.78, 5) is 18.9. The van der Waals surface area contributed by atoms with E-state index < -0.39 is 10.0 Å². The Labute approximate surface area is 172 Å². The molecule has 2 unspecified atom stereocenters. The normalized spacial score (nSPS) is 20.3. The fourth-order valence-electron chi connectivity index (χ4n) is 3.77. The zero-order chi connectivity index (χ0) is 21.2. The van der Waals surface area contributed by atoms with Gasteiger partial charge < -0.3 is 10.2 Å². The molecule has 1 aliphatic heterocycles. The van der Waals surface area contributed by atoms with Crippen LogP contribution in [0.2, 0.25) is 0 Å². The number of hydrogen-bond acceptors (Lipinski definition) is 5. The molecule has 1 aliphatic rings. The van der Waals surface area contributed by atoms with Crippen LogP contribution in [0.3, 0.4) is 0 Å². The zero-order valence-electron chi connectivity index (χ0n) is 17.3. The Kier molecular flexibility index (Phi) is 6.24. The molecule has 156 valence electrons. The van der Waals surface area contributed by atoms with Crippen molar-refractivity contribution in [2.45, 2.75) is 25.2 Å². The van der Waals surface area contributed by atoms with Gasteiger partial charge in [-0.05, 0) is 54.7 Å². The molecule has 1 amide bonds. The van der Waals surface area contributed by atoms with E-state index in [0.29, 0.717) is 42.0 Å². The number of sulfonamides is 1. The van der Waals surface area contributed by atoms with Gasteiger partial charge in [0.15, 0.2) is 5.82 Å². The van der Waals surface area contributed by atoms with E-state index in [0.717, 1.165) is 6.42 Å². The van der Waals surface area contributed by atoms with E-state index in [2.05, 4.69) is 24.1 Å². The lowest BCUT2D eigenvalue weighted by molar-refractivity contribution is 0.102. The smallest absolute Gasteiger partial charge is 0.255 e. The Balaban J connectivity index is 1.77. The molecule has 0 bridgehead atoms. The number of rotatable bonds is 5. The number of hydrogen-bond donors (Lipinski definition) is 1. The lowest BCUT2D eigenvalue weighted by Crippen LogP contribution is -2.42. The van der Waals surface area contributed by atoms with Gasteiger partial charge in [-0.25, -0.2) is 13.4 Å². The molecular weight excluding hydrogens is 388 g/mol. The van der Waals surface area contributed by atoms with E-state index in [1.165, 1.54) is 12.1 Å². The molecule has 1 saturated heterocycles. The Hall–Kier alpha value is -2.45. The first kappa shape index (κ1) is 21.3. The number of carbonyl (C=O) groups excluding carboxylic acids is 1. The monoisotopic (exact) mass is 416 g/mol. The van der Waals surface area contributed by atoms with Crippen molar-refractivity contribution in [3.8, 4) is 0 Å². The first-order chi connectivity index (χ1) is 13.7. The molecule has 2 heterocycles. The number of aromatic nitrogens is 1. The molecule has 0 aliphatic carbocycles. The molecule has 1 fully saturated rings. The van der Waals surface area contributed by atoms with Crippen molar-refractivity contribution in [2.75, 3.05) is 37.4 Å². The number of anilines is 2. The number of piperidine rings is 1. The molecule has 8 heteroatoms. The summed E-state index contributed by atoms with van der Waals surface area (Å²) in [5.74, 6) is 1.01. The van der Waals surface area contributed by atoms with Crippen LogP contribution < -0.4 is 10.2 Å². The average molecular weight is 417 g/mol. The quantitative estimate of drug-likeness (QED) is 0.810. The Morgan fingerprint density at radius 3 is 2.31 bits per heavy atom. The standard InChI is InChI=1S/C21H28N4O3S/c1-15-12-16(2)14-25(13-15)29(27,28)18-9-7-17(8-10-18)21(26)23-19-6-5-11-22-20(19)24(3)4/h5-11,15-16H,12-14H2,1-4H3,(H,23,26). The molecule has 2 aromatic rings. The van der Waals surface area contributed by atoms with Crippen LogP contribution >= 0.6 is 0 Å². The summed E-state index contributed by atoms with van der Waals surface area (Å²) in [5, 5.41) is 2.84. The highest BCUT2D eigenvalue weighted by Gasteiger charge is 2.31. The van der Waals surface area contributed by atoms with Crippen LogP contribution in [0.4, 0.5) is 11.5 Å². The van der Waals surface area contributed by atoms with Crippen molar-refractivity contribution in [2.24, 2.45) is 11.8 Å². The Morgan fingerprint density at radius 1 is 1.10 bits per heavy atom. The highest BCUT2D eigenvalue weighted by Crippen LogP contribution is 2.27. The molecule has 0 radical (unpaired) electrons. The van der Waals surface area contributed by atoms with Crippen LogP contribution in [0.25, 0.3) is 0 Å². The molecular formula is C21H28N4O3S. The highest BCUT2D eigenvalue weighted by molar-refractivity contribution is 7.89. The van der Waals surface area contributed by atoms with Crippen LogP contribution in [-0.4, -0.2) is 50.8 Å². The molecule has 1 N–H and O–H groups in total. The van der Waals surface area contributed by atoms with E-state index in [1.54, 1.807) is 34.8 Å². The predicted octanol–water partition coefficient (Wildman–Crippen LogP) is 3.07. The van der Waals surface area contributed by atoms with E-state index in [4.69, 9.17) is 0 Å². The number of amides is 1. The third-order valence-electron chi connectivity index (χ3n) is 5.05. The topological polar surface area (TPSA) is 82.6 Å². The van der Waals surface area contributed by atoms with Gasteiger partial charge in [0.25, 0.3) is 5.91 Å². The molecule has 0 spiro atoms. The van der Waals surface area contributed by atoms with Crippen LogP contribution in [0.5, 0.6) is 0 Å². The molecule has 0 saturated carbocycles. The fourth-order valence-corrected chi connectivity index (χ4v) is 5.45. The largest absolute Gasteiger partial charge is 0.361 e. The minimum atomic E-state index is -3.56. The molecule has 29 heavy (non-hydrogen) atoms.